The molecular formula is C29H48N4O5S+2. The second kappa shape index (κ2) is 12.3. The lowest BCUT2D eigenvalue weighted by Crippen LogP contribution is -3.05. The molecule has 2 N–H and O–H groups in total. The Balaban J connectivity index is 1.36. The predicted molar refractivity (Wildman–Crippen MR) is 151 cm³/mol. The highest BCUT2D eigenvalue weighted by Gasteiger charge is 2.65. The van der Waals surface area contributed by atoms with Crippen LogP contribution in [0.4, 0.5) is 0 Å². The molecule has 4 rings (SSSR count). The number of carbonyl (C=O) groups excluding carboxylic acids is 4. The zero-order valence-corrected chi connectivity index (χ0v) is 25.2. The number of quaternary nitrogens is 1. The van der Waals surface area contributed by atoms with Gasteiger partial charge in [-0.05, 0) is 51.4 Å². The van der Waals surface area contributed by atoms with E-state index >= 15 is 0 Å². The fourth-order valence-corrected chi connectivity index (χ4v) is 8.83. The number of carbonyl (C=O) groups is 4. The van der Waals surface area contributed by atoms with E-state index in [0.29, 0.717) is 18.3 Å². The minimum absolute atomic E-state index is 0.0126. The second-order valence-electron chi connectivity index (χ2n) is 13.0. The molecule has 2 aliphatic heterocycles. The Morgan fingerprint density at radius 1 is 1.15 bits per heavy atom. The molecule has 0 aromatic rings. The molecule has 0 spiro atoms. The summed E-state index contributed by atoms with van der Waals surface area (Å²) in [7, 11) is 5.87. The van der Waals surface area contributed by atoms with E-state index in [0.717, 1.165) is 38.6 Å². The topological polar surface area (TPSA) is 100 Å². The summed E-state index contributed by atoms with van der Waals surface area (Å²) in [5, 5.41) is 2.72. The molecular weight excluding hydrogens is 516 g/mol. The van der Waals surface area contributed by atoms with Crippen LogP contribution in [0.1, 0.15) is 78.1 Å². The van der Waals surface area contributed by atoms with Crippen LogP contribution in [0.2, 0.25) is 0 Å². The lowest BCUT2D eigenvalue weighted by atomic mass is 9.65. The van der Waals surface area contributed by atoms with E-state index < -0.39 is 34.8 Å². The molecule has 7 atom stereocenters. The number of nitrogens with zero attached hydrogens (tertiary/aromatic N) is 2. The second-order valence-corrected chi connectivity index (χ2v) is 14.7. The van der Waals surface area contributed by atoms with Crippen molar-refractivity contribution >= 4 is 42.2 Å². The van der Waals surface area contributed by atoms with Crippen LogP contribution in [0.5, 0.6) is 0 Å². The molecule has 0 bridgehead atoms. The smallest absolute Gasteiger partial charge is 0.383 e. The van der Waals surface area contributed by atoms with E-state index in [9.17, 15) is 19.2 Å². The molecule has 39 heavy (non-hydrogen) atoms. The van der Waals surface area contributed by atoms with Gasteiger partial charge in [-0.15, -0.1) is 11.8 Å². The lowest BCUT2D eigenvalue weighted by molar-refractivity contribution is -0.858. The van der Waals surface area contributed by atoms with Crippen molar-refractivity contribution in [3.05, 3.63) is 0 Å². The Kier molecular flexibility index (Phi) is 9.46. The van der Waals surface area contributed by atoms with Crippen LogP contribution in [-0.4, -0.2) is 95.9 Å². The largest absolute Gasteiger partial charge is 0.387 e. The third-order valence-corrected chi connectivity index (χ3v) is 10.9. The SMILES string of the molecule is C=[N+](C)C(CCCC[NH+](C)C)C(=O)OC(=O)[C@@H]1N2C(=O)[C@@H](NC(=O)C3CCCC4CCCCC43)[C@H]2SC1(C)C. The summed E-state index contributed by atoms with van der Waals surface area (Å²) in [6, 6.07) is -2.16. The Bertz CT molecular complexity index is 983. The Hall–Kier alpha value is -1.94. The number of amides is 2. The van der Waals surface area contributed by atoms with Crippen LogP contribution in [0.15, 0.2) is 0 Å². The Morgan fingerprint density at radius 2 is 1.85 bits per heavy atom. The third kappa shape index (κ3) is 6.37. The van der Waals surface area contributed by atoms with Crippen molar-refractivity contribution in [3.63, 3.8) is 0 Å². The number of thioether (sulfide) groups is 1. The number of unbranched alkanes of at least 4 members (excludes halogenated alkanes) is 1. The molecule has 4 fully saturated rings. The highest BCUT2D eigenvalue weighted by Crippen LogP contribution is 2.51. The normalized spacial score (nSPS) is 32.1. The monoisotopic (exact) mass is 564 g/mol. The molecule has 2 aliphatic carbocycles. The zero-order valence-electron chi connectivity index (χ0n) is 24.4. The Labute approximate surface area is 237 Å². The number of likely N-dealkylation sites (N-methyl/N-ethyl adjacent to an activating group) is 1. The minimum atomic E-state index is -0.886. The molecule has 2 saturated carbocycles. The number of ether oxygens (including phenoxy) is 1. The van der Waals surface area contributed by atoms with Gasteiger partial charge in [0, 0.05) is 17.1 Å². The molecule has 4 unspecified atom stereocenters. The molecule has 0 aromatic heterocycles. The highest BCUT2D eigenvalue weighted by molar-refractivity contribution is 8.01. The maximum atomic E-state index is 13.4. The average Bonchev–Trinajstić information content (AvgIpc) is 3.13. The summed E-state index contributed by atoms with van der Waals surface area (Å²) < 4.78 is 6.27. The van der Waals surface area contributed by atoms with Crippen LogP contribution in [-0.2, 0) is 23.9 Å². The van der Waals surface area contributed by atoms with E-state index in [4.69, 9.17) is 4.74 Å². The van der Waals surface area contributed by atoms with Crippen LogP contribution < -0.4 is 10.2 Å². The molecule has 2 amide bonds. The van der Waals surface area contributed by atoms with E-state index in [1.807, 2.05) is 13.8 Å². The zero-order chi connectivity index (χ0) is 28.5. The fraction of sp³-hybridized carbons (Fsp3) is 0.828. The first-order valence-electron chi connectivity index (χ1n) is 14.8. The van der Waals surface area contributed by atoms with E-state index in [-0.39, 0.29) is 23.1 Å². The summed E-state index contributed by atoms with van der Waals surface area (Å²) in [6.45, 7) is 8.64. The summed E-state index contributed by atoms with van der Waals surface area (Å²) in [5.74, 6) is -0.599. The van der Waals surface area contributed by atoms with Crippen molar-refractivity contribution in [1.29, 1.82) is 0 Å². The van der Waals surface area contributed by atoms with Crippen LogP contribution in [0.25, 0.3) is 0 Å². The summed E-state index contributed by atoms with van der Waals surface area (Å²) in [6.07, 6.45) is 10.2. The number of esters is 2. The first-order chi connectivity index (χ1) is 18.4. The molecule has 4 aliphatic rings. The molecule has 218 valence electrons. The fourth-order valence-electron chi connectivity index (χ4n) is 7.21. The highest BCUT2D eigenvalue weighted by atomic mass is 32.2. The number of β-lactam (4-membered cyclic amide) rings is 1. The standard InChI is InChI=1S/C29H46N4O5S/c1-29(2)23(28(37)38-27(36)21(32(5)6)16-9-10-17-31(3)4)33-25(35)22(26(33)39-29)30-24(34)20-15-11-13-18-12-7-8-14-19(18)20/h18-23,26H,5,7-17H2,1-4,6H3/p+2/t18?,19?,20?,21?,22-,23+,26-/m1/s1. The number of rotatable bonds is 10. The number of hydrogen-bond donors (Lipinski definition) is 2. The molecule has 0 radical (unpaired) electrons. The maximum absolute atomic E-state index is 13.4. The summed E-state index contributed by atoms with van der Waals surface area (Å²) in [4.78, 5) is 55.8. The van der Waals surface area contributed by atoms with Gasteiger partial charge < -0.3 is 19.9 Å². The number of nitrogens with one attached hydrogen (secondary N) is 2. The van der Waals surface area contributed by atoms with Crippen molar-refractivity contribution in [2.45, 2.75) is 106 Å². The van der Waals surface area contributed by atoms with Crippen LogP contribution >= 0.6 is 11.8 Å². The van der Waals surface area contributed by atoms with Crippen LogP contribution in [0.3, 0.4) is 0 Å². The van der Waals surface area contributed by atoms with Gasteiger partial charge in [-0.1, -0.05) is 32.1 Å². The predicted octanol–water partition coefficient (Wildman–Crippen LogP) is 1.24. The van der Waals surface area contributed by atoms with Gasteiger partial charge >= 0.3 is 11.9 Å². The first-order valence-corrected chi connectivity index (χ1v) is 15.7. The molecule has 0 aromatic carbocycles. The Morgan fingerprint density at radius 3 is 2.54 bits per heavy atom. The van der Waals surface area contributed by atoms with Crippen molar-refractivity contribution < 1.29 is 33.4 Å². The molecule has 2 saturated heterocycles. The van der Waals surface area contributed by atoms with Crippen molar-refractivity contribution in [2.24, 2.45) is 17.8 Å². The average molecular weight is 565 g/mol. The van der Waals surface area contributed by atoms with Crippen molar-refractivity contribution in [3.8, 4) is 0 Å². The lowest BCUT2D eigenvalue weighted by Gasteiger charge is -2.45. The number of hydrogen-bond acceptors (Lipinski definition) is 6. The molecule has 9 nitrogen and oxygen atoms in total. The third-order valence-electron chi connectivity index (χ3n) is 9.28. The van der Waals surface area contributed by atoms with Crippen LogP contribution in [0, 0.1) is 17.8 Å². The van der Waals surface area contributed by atoms with Gasteiger partial charge in [-0.3, -0.25) is 9.59 Å². The molecule has 10 heteroatoms. The van der Waals surface area contributed by atoms with Crippen molar-refractivity contribution in [1.82, 2.24) is 10.2 Å². The first kappa shape index (κ1) is 30.0. The van der Waals surface area contributed by atoms with E-state index in [1.54, 1.807) is 7.05 Å². The minimum Gasteiger partial charge on any atom is -0.387 e. The van der Waals surface area contributed by atoms with E-state index in [1.165, 1.54) is 51.8 Å². The summed E-state index contributed by atoms with van der Waals surface area (Å²) in [5.41, 5.74) is 0. The van der Waals surface area contributed by atoms with E-state index in [2.05, 4.69) is 26.1 Å². The molecule has 2 heterocycles. The van der Waals surface area contributed by atoms with Gasteiger partial charge in [0.05, 0.1) is 20.6 Å². The van der Waals surface area contributed by atoms with Gasteiger partial charge in [0.15, 0.2) is 0 Å². The number of fused-ring (bicyclic) bond motifs is 2. The van der Waals surface area contributed by atoms with Crippen molar-refractivity contribution in [2.75, 3.05) is 27.7 Å². The van der Waals surface area contributed by atoms with Gasteiger partial charge in [0.25, 0.3) is 0 Å². The quantitative estimate of drug-likeness (QED) is 0.103. The van der Waals surface area contributed by atoms with Gasteiger partial charge in [0.2, 0.25) is 17.9 Å². The summed E-state index contributed by atoms with van der Waals surface area (Å²) >= 11 is 1.49. The van der Waals surface area contributed by atoms with Gasteiger partial charge in [-0.25, -0.2) is 14.2 Å². The van der Waals surface area contributed by atoms with Gasteiger partial charge in [0.1, 0.15) is 31.2 Å². The maximum Gasteiger partial charge on any atom is 0.383 e. The van der Waals surface area contributed by atoms with Gasteiger partial charge in [-0.2, -0.15) is 0 Å².